The molecule has 0 saturated heterocycles. The molecule has 0 spiro atoms. The van der Waals surface area contributed by atoms with Gasteiger partial charge in [0.15, 0.2) is 11.7 Å². The van der Waals surface area contributed by atoms with Crippen molar-refractivity contribution in [3.8, 4) is 55.6 Å². The van der Waals surface area contributed by atoms with Crippen molar-refractivity contribution in [3.05, 3.63) is 228 Å². The minimum absolute atomic E-state index is 0.470. The number of hydrogen-bond acceptors (Lipinski definition) is 1. The molecule has 0 atom stereocenters. The fourth-order valence-electron chi connectivity index (χ4n) is 7.61. The predicted octanol–water partition coefficient (Wildman–Crippen LogP) is 13.0. The van der Waals surface area contributed by atoms with Crippen LogP contribution < -0.4 is 0 Å². The molecular formula is C53H39N3. The summed E-state index contributed by atoms with van der Waals surface area (Å²) in [6.45, 7) is 4.42. The number of nitrogens with zero attached hydrogens (tertiary/aromatic N) is 3. The maximum absolute atomic E-state index is 5.19. The molecule has 0 aromatic heterocycles. The van der Waals surface area contributed by atoms with Crippen molar-refractivity contribution in [1.29, 1.82) is 0 Å². The first-order valence-corrected chi connectivity index (χ1v) is 19.0. The molecule has 0 heterocycles. The van der Waals surface area contributed by atoms with Gasteiger partial charge in [-0.1, -0.05) is 182 Å². The summed E-state index contributed by atoms with van der Waals surface area (Å²) in [5, 5.41) is 0. The Bertz CT molecular complexity index is 2730. The summed E-state index contributed by atoms with van der Waals surface area (Å²) >= 11 is 0. The second kappa shape index (κ2) is 15.6. The van der Waals surface area contributed by atoms with Gasteiger partial charge in [-0.15, -0.1) is 0 Å². The van der Waals surface area contributed by atoms with E-state index >= 15 is 0 Å². The number of aliphatic imine (C=N–C) groups is 3. The fourth-order valence-corrected chi connectivity index (χ4v) is 7.61. The minimum Gasteiger partial charge on any atom is -0.261 e. The summed E-state index contributed by atoms with van der Waals surface area (Å²) in [6, 6.07) is 70.6. The fraction of sp³-hybridized carbons (Fsp3) is 0.0377. The first-order chi connectivity index (χ1) is 27.7. The Morgan fingerprint density at radius 2 is 0.857 bits per heavy atom. The molecule has 9 rings (SSSR count). The molecule has 0 unspecified atom stereocenters. The largest absolute Gasteiger partial charge is 0.261 e. The zero-order valence-corrected chi connectivity index (χ0v) is 31.0. The third-order valence-corrected chi connectivity index (χ3v) is 10.5. The van der Waals surface area contributed by atoms with Gasteiger partial charge >= 0.3 is 0 Å². The lowest BCUT2D eigenvalue weighted by atomic mass is 9.97. The quantitative estimate of drug-likeness (QED) is 0.111. The third-order valence-electron chi connectivity index (χ3n) is 10.5. The lowest BCUT2D eigenvalue weighted by molar-refractivity contribution is 1.06. The van der Waals surface area contributed by atoms with Crippen molar-refractivity contribution in [2.24, 2.45) is 15.0 Å². The average molecular weight is 718 g/mol. The molecule has 266 valence electrons. The highest BCUT2D eigenvalue weighted by Gasteiger charge is 2.21. The number of benzene rings is 8. The first-order valence-electron chi connectivity index (χ1n) is 19.0. The third kappa shape index (κ3) is 7.31. The van der Waals surface area contributed by atoms with Crippen molar-refractivity contribution in [3.63, 3.8) is 0 Å². The van der Waals surface area contributed by atoms with Crippen LogP contribution >= 0.6 is 0 Å². The van der Waals surface area contributed by atoms with Gasteiger partial charge in [-0.05, 0) is 104 Å². The van der Waals surface area contributed by atoms with Gasteiger partial charge in [0.1, 0.15) is 0 Å². The average Bonchev–Trinajstić information content (AvgIpc) is 3.65. The molecule has 8 aromatic carbocycles. The van der Waals surface area contributed by atoms with Gasteiger partial charge in [-0.25, -0.2) is 9.98 Å². The maximum atomic E-state index is 5.19. The monoisotopic (exact) mass is 717 g/mol. The maximum Gasteiger partial charge on any atom is 0.161 e. The van der Waals surface area contributed by atoms with Crippen LogP contribution in [0.4, 0.5) is 0 Å². The topological polar surface area (TPSA) is 37.1 Å². The standard InChI is InChI=1S/C53H39N3/c1-54-52(46-22-12-21-44(32-46)40-18-9-4-10-19-40)56-53(55-36-37-13-11-20-43(31-37)39-16-7-3-8-17-39)47-28-30-51-49(34-47)35-48-33-45(27-29-50(48)51)42-25-23-41(24-26-42)38-14-5-2-6-15-38/h2-34H,1,35-36H2. The number of amidine groups is 2. The van der Waals surface area contributed by atoms with Gasteiger partial charge in [-0.2, -0.15) is 0 Å². The molecule has 0 amide bonds. The highest BCUT2D eigenvalue weighted by molar-refractivity contribution is 6.13. The normalized spacial score (nSPS) is 12.2. The Kier molecular flexibility index (Phi) is 9.64. The summed E-state index contributed by atoms with van der Waals surface area (Å²) in [5.41, 5.74) is 17.5. The summed E-state index contributed by atoms with van der Waals surface area (Å²) < 4.78 is 0. The molecule has 8 aromatic rings. The Hall–Kier alpha value is -7.23. The van der Waals surface area contributed by atoms with E-state index < -0.39 is 0 Å². The summed E-state index contributed by atoms with van der Waals surface area (Å²) in [4.78, 5) is 14.8. The van der Waals surface area contributed by atoms with Gasteiger partial charge in [0.25, 0.3) is 0 Å². The molecule has 0 saturated carbocycles. The van der Waals surface area contributed by atoms with Crippen molar-refractivity contribution < 1.29 is 0 Å². The van der Waals surface area contributed by atoms with E-state index in [2.05, 4.69) is 188 Å². The van der Waals surface area contributed by atoms with Crippen LogP contribution in [0, 0.1) is 0 Å². The van der Waals surface area contributed by atoms with E-state index in [0.717, 1.165) is 39.8 Å². The van der Waals surface area contributed by atoms with E-state index in [-0.39, 0.29) is 0 Å². The molecule has 1 aliphatic carbocycles. The van der Waals surface area contributed by atoms with Gasteiger partial charge in [-0.3, -0.25) is 4.99 Å². The Morgan fingerprint density at radius 3 is 1.50 bits per heavy atom. The summed E-state index contributed by atoms with van der Waals surface area (Å²) in [5.74, 6) is 1.16. The zero-order chi connectivity index (χ0) is 37.7. The van der Waals surface area contributed by atoms with Crippen LogP contribution in [0.2, 0.25) is 0 Å². The van der Waals surface area contributed by atoms with Crippen LogP contribution in [0.15, 0.2) is 215 Å². The van der Waals surface area contributed by atoms with E-state index in [1.807, 2.05) is 24.3 Å². The second-order valence-corrected chi connectivity index (χ2v) is 14.1. The smallest absolute Gasteiger partial charge is 0.161 e. The molecule has 0 aliphatic heterocycles. The van der Waals surface area contributed by atoms with E-state index in [0.29, 0.717) is 18.2 Å². The van der Waals surface area contributed by atoms with Gasteiger partial charge in [0.2, 0.25) is 0 Å². The molecule has 3 heteroatoms. The van der Waals surface area contributed by atoms with Gasteiger partial charge in [0, 0.05) is 11.1 Å². The Labute approximate surface area is 328 Å². The van der Waals surface area contributed by atoms with E-state index in [9.17, 15) is 0 Å². The minimum atomic E-state index is 0.470. The second-order valence-electron chi connectivity index (χ2n) is 14.1. The van der Waals surface area contributed by atoms with Gasteiger partial charge < -0.3 is 0 Å². The van der Waals surface area contributed by atoms with E-state index in [1.165, 1.54) is 50.1 Å². The highest BCUT2D eigenvalue weighted by atomic mass is 15.0. The van der Waals surface area contributed by atoms with E-state index in [4.69, 9.17) is 9.98 Å². The van der Waals surface area contributed by atoms with Crippen LogP contribution in [0.25, 0.3) is 55.6 Å². The number of rotatable bonds is 8. The zero-order valence-electron chi connectivity index (χ0n) is 31.0. The predicted molar refractivity (Wildman–Crippen MR) is 236 cm³/mol. The molecule has 3 nitrogen and oxygen atoms in total. The van der Waals surface area contributed by atoms with Crippen molar-refractivity contribution in [2.45, 2.75) is 13.0 Å². The number of hydrogen-bond donors (Lipinski definition) is 0. The molecule has 1 aliphatic rings. The highest BCUT2D eigenvalue weighted by Crippen LogP contribution is 2.39. The molecule has 56 heavy (non-hydrogen) atoms. The molecule has 0 fully saturated rings. The van der Waals surface area contributed by atoms with E-state index in [1.54, 1.807) is 0 Å². The lowest BCUT2D eigenvalue weighted by Crippen LogP contribution is -2.06. The SMILES string of the molecule is C=NC(=NC(=NCc1cccc(-c2ccccc2)c1)c1ccc2c(c1)Cc1cc(-c3ccc(-c4ccccc4)cc3)ccc1-2)c1cccc(-c2ccccc2)c1. The van der Waals surface area contributed by atoms with Crippen LogP contribution in [0.1, 0.15) is 27.8 Å². The summed E-state index contributed by atoms with van der Waals surface area (Å²) in [6.07, 6.45) is 0.843. The van der Waals surface area contributed by atoms with Crippen LogP contribution in [-0.2, 0) is 13.0 Å². The summed E-state index contributed by atoms with van der Waals surface area (Å²) in [7, 11) is 0. The molecule has 0 radical (unpaired) electrons. The Balaban J connectivity index is 1.05. The van der Waals surface area contributed by atoms with Crippen molar-refractivity contribution >= 4 is 18.4 Å². The first kappa shape index (κ1) is 34.5. The van der Waals surface area contributed by atoms with Crippen LogP contribution in [0.3, 0.4) is 0 Å². The number of fused-ring (bicyclic) bond motifs is 3. The van der Waals surface area contributed by atoms with Crippen molar-refractivity contribution in [2.75, 3.05) is 0 Å². The molecule has 0 N–H and O–H groups in total. The van der Waals surface area contributed by atoms with Crippen molar-refractivity contribution in [1.82, 2.24) is 0 Å². The van der Waals surface area contributed by atoms with Crippen LogP contribution in [0.5, 0.6) is 0 Å². The Morgan fingerprint density at radius 1 is 0.393 bits per heavy atom. The molecular weight excluding hydrogens is 679 g/mol. The molecule has 0 bridgehead atoms. The lowest BCUT2D eigenvalue weighted by Gasteiger charge is -2.10. The van der Waals surface area contributed by atoms with Crippen LogP contribution in [-0.4, -0.2) is 18.4 Å². The van der Waals surface area contributed by atoms with Gasteiger partial charge in [0.05, 0.1) is 6.54 Å².